The number of nitrogens with one attached hydrogen (secondary N) is 1. The van der Waals surface area contributed by atoms with Crippen molar-refractivity contribution in [2.75, 3.05) is 13.7 Å². The number of hydrogen-bond acceptors (Lipinski definition) is 3. The van der Waals surface area contributed by atoms with Crippen LogP contribution in [0.1, 0.15) is 31.4 Å². The number of fused-ring (bicyclic) bond motifs is 1. The van der Waals surface area contributed by atoms with Crippen molar-refractivity contribution in [3.05, 3.63) is 23.8 Å². The molecule has 1 atom stereocenters. The number of hydrogen-bond donors (Lipinski definition) is 1. The number of ether oxygens (including phenoxy) is 2. The topological polar surface area (TPSA) is 47.6 Å². The molecule has 1 aliphatic rings. The Bertz CT molecular complexity index is 417. The number of carbonyl (C=O) groups excluding carboxylic acids is 1. The Balaban J connectivity index is 2.31. The average molecular weight is 235 g/mol. The molecule has 0 aromatic heterocycles. The van der Waals surface area contributed by atoms with Crippen molar-refractivity contribution >= 4 is 5.91 Å². The molecule has 1 aliphatic heterocycles. The SMILES string of the molecule is COc1ccc2c(c1)OCCC[C@H]2NC(C)=O. The molecular formula is C13H17NO3. The zero-order valence-corrected chi connectivity index (χ0v) is 10.2. The average Bonchev–Trinajstić information content (AvgIpc) is 2.50. The number of rotatable bonds is 2. The monoisotopic (exact) mass is 235 g/mol. The van der Waals surface area contributed by atoms with Crippen molar-refractivity contribution < 1.29 is 14.3 Å². The number of carbonyl (C=O) groups is 1. The molecule has 4 nitrogen and oxygen atoms in total. The van der Waals surface area contributed by atoms with Gasteiger partial charge in [-0.25, -0.2) is 0 Å². The Labute approximate surface area is 101 Å². The molecule has 4 heteroatoms. The van der Waals surface area contributed by atoms with Crippen LogP contribution in [0.5, 0.6) is 11.5 Å². The van der Waals surface area contributed by atoms with Crippen LogP contribution in [0.15, 0.2) is 18.2 Å². The normalized spacial score (nSPS) is 18.6. The van der Waals surface area contributed by atoms with Crippen LogP contribution in [0.25, 0.3) is 0 Å². The van der Waals surface area contributed by atoms with Crippen molar-refractivity contribution in [2.45, 2.75) is 25.8 Å². The summed E-state index contributed by atoms with van der Waals surface area (Å²) in [6.45, 7) is 2.21. The summed E-state index contributed by atoms with van der Waals surface area (Å²) in [7, 11) is 1.63. The maximum atomic E-state index is 11.2. The van der Waals surface area contributed by atoms with E-state index in [4.69, 9.17) is 9.47 Å². The molecule has 1 heterocycles. The van der Waals surface area contributed by atoms with Crippen LogP contribution in [0.4, 0.5) is 0 Å². The second-order valence-electron chi connectivity index (χ2n) is 4.15. The predicted octanol–water partition coefficient (Wildman–Crippen LogP) is 2.04. The van der Waals surface area contributed by atoms with Gasteiger partial charge in [-0.2, -0.15) is 0 Å². The van der Waals surface area contributed by atoms with Crippen LogP contribution >= 0.6 is 0 Å². The Kier molecular flexibility index (Phi) is 3.52. The molecule has 0 saturated heterocycles. The van der Waals surface area contributed by atoms with Gasteiger partial charge in [0, 0.05) is 18.6 Å². The summed E-state index contributed by atoms with van der Waals surface area (Å²) in [5, 5.41) is 2.96. The van der Waals surface area contributed by atoms with Crippen LogP contribution in [-0.2, 0) is 4.79 Å². The third-order valence-corrected chi connectivity index (χ3v) is 2.87. The highest BCUT2D eigenvalue weighted by Crippen LogP contribution is 2.34. The van der Waals surface area contributed by atoms with E-state index in [-0.39, 0.29) is 11.9 Å². The molecule has 0 bridgehead atoms. The summed E-state index contributed by atoms with van der Waals surface area (Å²) in [4.78, 5) is 11.2. The van der Waals surface area contributed by atoms with Gasteiger partial charge in [0.25, 0.3) is 0 Å². The van der Waals surface area contributed by atoms with Crippen molar-refractivity contribution in [3.63, 3.8) is 0 Å². The summed E-state index contributed by atoms with van der Waals surface area (Å²) in [5.41, 5.74) is 1.03. The lowest BCUT2D eigenvalue weighted by atomic mass is 10.0. The predicted molar refractivity (Wildman–Crippen MR) is 64.3 cm³/mol. The summed E-state index contributed by atoms with van der Waals surface area (Å²) in [6.07, 6.45) is 1.83. The van der Waals surface area contributed by atoms with E-state index in [0.717, 1.165) is 29.9 Å². The highest BCUT2D eigenvalue weighted by Gasteiger charge is 2.20. The van der Waals surface area contributed by atoms with E-state index in [2.05, 4.69) is 5.32 Å². The van der Waals surface area contributed by atoms with Gasteiger partial charge in [-0.15, -0.1) is 0 Å². The van der Waals surface area contributed by atoms with E-state index in [1.54, 1.807) is 7.11 Å². The first-order valence-electron chi connectivity index (χ1n) is 5.78. The Hall–Kier alpha value is -1.71. The van der Waals surface area contributed by atoms with Crippen LogP contribution in [0.2, 0.25) is 0 Å². The molecule has 0 aliphatic carbocycles. The van der Waals surface area contributed by atoms with Gasteiger partial charge in [0.2, 0.25) is 5.91 Å². The Morgan fingerprint density at radius 3 is 3.06 bits per heavy atom. The summed E-state index contributed by atoms with van der Waals surface area (Å²) >= 11 is 0. The van der Waals surface area contributed by atoms with E-state index < -0.39 is 0 Å². The van der Waals surface area contributed by atoms with Crippen LogP contribution in [0.3, 0.4) is 0 Å². The highest BCUT2D eigenvalue weighted by atomic mass is 16.5. The van der Waals surface area contributed by atoms with E-state index >= 15 is 0 Å². The molecule has 2 rings (SSSR count). The minimum atomic E-state index is -0.0151. The maximum Gasteiger partial charge on any atom is 0.217 e. The van der Waals surface area contributed by atoms with E-state index in [1.165, 1.54) is 6.92 Å². The largest absolute Gasteiger partial charge is 0.497 e. The second-order valence-corrected chi connectivity index (χ2v) is 4.15. The molecule has 0 saturated carbocycles. The molecule has 0 fully saturated rings. The minimum absolute atomic E-state index is 0.0151. The second kappa shape index (κ2) is 5.08. The third-order valence-electron chi connectivity index (χ3n) is 2.87. The molecule has 0 unspecified atom stereocenters. The van der Waals surface area contributed by atoms with Gasteiger partial charge in [-0.05, 0) is 25.0 Å². The van der Waals surface area contributed by atoms with Crippen molar-refractivity contribution in [2.24, 2.45) is 0 Å². The molecular weight excluding hydrogens is 218 g/mol. The van der Waals surface area contributed by atoms with Crippen LogP contribution in [0, 0.1) is 0 Å². The Morgan fingerprint density at radius 1 is 1.53 bits per heavy atom. The fraction of sp³-hybridized carbons (Fsp3) is 0.462. The minimum Gasteiger partial charge on any atom is -0.497 e. The van der Waals surface area contributed by atoms with E-state index in [9.17, 15) is 4.79 Å². The first kappa shape index (κ1) is 11.8. The van der Waals surface area contributed by atoms with E-state index in [1.807, 2.05) is 18.2 Å². The first-order valence-corrected chi connectivity index (χ1v) is 5.78. The van der Waals surface area contributed by atoms with E-state index in [0.29, 0.717) is 6.61 Å². The van der Waals surface area contributed by atoms with Gasteiger partial charge >= 0.3 is 0 Å². The fourth-order valence-electron chi connectivity index (χ4n) is 2.07. The van der Waals surface area contributed by atoms with Gasteiger partial charge in [0.15, 0.2) is 0 Å². The third kappa shape index (κ3) is 2.70. The molecule has 1 amide bonds. The number of amides is 1. The lowest BCUT2D eigenvalue weighted by Gasteiger charge is -2.17. The standard InChI is InChI=1S/C13H17NO3/c1-9(15)14-12-4-3-7-17-13-8-10(16-2)5-6-11(12)13/h5-6,8,12H,3-4,7H2,1-2H3,(H,14,15)/t12-/m1/s1. The summed E-state index contributed by atoms with van der Waals surface area (Å²) in [5.74, 6) is 1.56. The molecule has 0 radical (unpaired) electrons. The van der Waals surface area contributed by atoms with Gasteiger partial charge < -0.3 is 14.8 Å². The first-order chi connectivity index (χ1) is 8.20. The number of benzene rings is 1. The fourth-order valence-corrected chi connectivity index (χ4v) is 2.07. The van der Waals surface area contributed by atoms with Crippen LogP contribution < -0.4 is 14.8 Å². The van der Waals surface area contributed by atoms with Crippen molar-refractivity contribution in [3.8, 4) is 11.5 Å². The lowest BCUT2D eigenvalue weighted by molar-refractivity contribution is -0.119. The molecule has 0 spiro atoms. The molecule has 92 valence electrons. The van der Waals surface area contributed by atoms with Gasteiger partial charge in [0.1, 0.15) is 11.5 Å². The Morgan fingerprint density at radius 2 is 2.35 bits per heavy atom. The van der Waals surface area contributed by atoms with Crippen LogP contribution in [-0.4, -0.2) is 19.6 Å². The summed E-state index contributed by atoms with van der Waals surface area (Å²) < 4.78 is 10.8. The van der Waals surface area contributed by atoms with Gasteiger partial charge in [-0.3, -0.25) is 4.79 Å². The summed E-state index contributed by atoms with van der Waals surface area (Å²) in [6, 6.07) is 5.76. The zero-order valence-electron chi connectivity index (χ0n) is 10.2. The van der Waals surface area contributed by atoms with Gasteiger partial charge in [-0.1, -0.05) is 0 Å². The number of methoxy groups -OCH3 is 1. The van der Waals surface area contributed by atoms with Crippen molar-refractivity contribution in [1.29, 1.82) is 0 Å². The maximum absolute atomic E-state index is 11.2. The lowest BCUT2D eigenvalue weighted by Crippen LogP contribution is -2.25. The van der Waals surface area contributed by atoms with Crippen molar-refractivity contribution in [1.82, 2.24) is 5.32 Å². The zero-order chi connectivity index (χ0) is 12.3. The van der Waals surface area contributed by atoms with Gasteiger partial charge in [0.05, 0.1) is 19.8 Å². The molecule has 17 heavy (non-hydrogen) atoms. The molecule has 1 aromatic carbocycles. The quantitative estimate of drug-likeness (QED) is 0.853. The molecule has 1 N–H and O–H groups in total. The molecule has 1 aromatic rings. The highest BCUT2D eigenvalue weighted by molar-refractivity contribution is 5.73. The smallest absolute Gasteiger partial charge is 0.217 e.